The van der Waals surface area contributed by atoms with Gasteiger partial charge >= 0.3 is 12.3 Å². The van der Waals surface area contributed by atoms with E-state index >= 15 is 0 Å². The molecule has 0 aliphatic rings. The molecule has 0 saturated carbocycles. The average molecular weight is 273 g/mol. The number of hydrogen-bond acceptors (Lipinski definition) is 4. The van der Waals surface area contributed by atoms with E-state index in [1.165, 1.54) is 25.1 Å². The Balaban J connectivity index is 3.06. The number of nitrogens with zero attached hydrogens (tertiary/aromatic N) is 1. The zero-order valence-electron chi connectivity index (χ0n) is 9.90. The molecule has 0 N–H and O–H groups in total. The highest BCUT2D eigenvalue weighted by Gasteiger charge is 2.36. The summed E-state index contributed by atoms with van der Waals surface area (Å²) in [6.45, 7) is 1.50. The fraction of sp³-hybridized carbons (Fsp3) is 0.333. The summed E-state index contributed by atoms with van der Waals surface area (Å²) >= 11 is 0. The maximum absolute atomic E-state index is 12.7. The molecule has 0 aliphatic carbocycles. The zero-order chi connectivity index (χ0) is 14.5. The van der Waals surface area contributed by atoms with Crippen molar-refractivity contribution in [3.05, 3.63) is 35.4 Å². The first kappa shape index (κ1) is 14.8. The lowest BCUT2D eigenvalue weighted by atomic mass is 10.0. The Kier molecular flexibility index (Phi) is 4.75. The molecule has 1 aromatic carbocycles. The van der Waals surface area contributed by atoms with Gasteiger partial charge in [0.15, 0.2) is 0 Å². The number of carbonyl (C=O) groups excluding carboxylic acids is 1. The van der Waals surface area contributed by atoms with E-state index in [4.69, 9.17) is 5.26 Å². The molecule has 1 atom stereocenters. The Morgan fingerprint density at radius 2 is 2.05 bits per heavy atom. The van der Waals surface area contributed by atoms with Crippen LogP contribution in [-0.2, 0) is 15.7 Å². The molecule has 0 radical (unpaired) electrons. The third-order valence-corrected chi connectivity index (χ3v) is 2.14. The molecule has 7 heteroatoms. The molecular weight excluding hydrogens is 263 g/mol. The molecule has 1 unspecified atom stereocenters. The minimum absolute atomic E-state index is 0.00208. The van der Waals surface area contributed by atoms with Crippen molar-refractivity contribution in [2.24, 2.45) is 0 Å². The second-order valence-electron chi connectivity index (χ2n) is 3.40. The predicted molar refractivity (Wildman–Crippen MR) is 57.9 cm³/mol. The van der Waals surface area contributed by atoms with Gasteiger partial charge in [-0.05, 0) is 13.0 Å². The first-order chi connectivity index (χ1) is 8.90. The number of ether oxygens (including phenoxy) is 2. The first-order valence-electron chi connectivity index (χ1n) is 5.29. The van der Waals surface area contributed by atoms with Crippen molar-refractivity contribution in [3.8, 4) is 6.07 Å². The van der Waals surface area contributed by atoms with Crippen molar-refractivity contribution >= 4 is 6.16 Å². The van der Waals surface area contributed by atoms with Gasteiger partial charge in [0, 0.05) is 5.56 Å². The van der Waals surface area contributed by atoms with Crippen LogP contribution in [-0.4, -0.2) is 12.8 Å². The van der Waals surface area contributed by atoms with Crippen LogP contribution in [0, 0.1) is 11.3 Å². The van der Waals surface area contributed by atoms with Crippen molar-refractivity contribution in [3.63, 3.8) is 0 Å². The molecule has 19 heavy (non-hydrogen) atoms. The van der Waals surface area contributed by atoms with E-state index in [0.29, 0.717) is 0 Å². The minimum Gasteiger partial charge on any atom is -0.435 e. The van der Waals surface area contributed by atoms with Gasteiger partial charge < -0.3 is 9.47 Å². The van der Waals surface area contributed by atoms with Crippen LogP contribution >= 0.6 is 0 Å². The lowest BCUT2D eigenvalue weighted by molar-refractivity contribution is -0.139. The fourth-order valence-electron chi connectivity index (χ4n) is 1.39. The van der Waals surface area contributed by atoms with Gasteiger partial charge in [-0.25, -0.2) is 4.79 Å². The lowest BCUT2D eigenvalue weighted by Crippen LogP contribution is -2.16. The molecule has 0 heterocycles. The summed E-state index contributed by atoms with van der Waals surface area (Å²) in [6, 6.07) is 5.90. The topological polar surface area (TPSA) is 59.3 Å². The standard InChI is InChI=1S/C12H10F3NO3/c1-2-18-11(17)19-10(7-16)8-5-3-4-6-9(8)12(13,14)15/h3-6,10H,2H2,1H3. The number of carbonyl (C=O) groups is 1. The van der Waals surface area contributed by atoms with Crippen LogP contribution in [0.15, 0.2) is 24.3 Å². The van der Waals surface area contributed by atoms with E-state index in [9.17, 15) is 18.0 Å². The second-order valence-corrected chi connectivity index (χ2v) is 3.40. The summed E-state index contributed by atoms with van der Waals surface area (Å²) < 4.78 is 47.2. The van der Waals surface area contributed by atoms with Gasteiger partial charge in [0.2, 0.25) is 6.10 Å². The summed E-state index contributed by atoms with van der Waals surface area (Å²) in [5, 5.41) is 8.84. The summed E-state index contributed by atoms with van der Waals surface area (Å²) in [6.07, 6.45) is -7.49. The number of halogens is 3. The van der Waals surface area contributed by atoms with Crippen LogP contribution in [0.2, 0.25) is 0 Å². The van der Waals surface area contributed by atoms with Gasteiger partial charge in [0.1, 0.15) is 6.07 Å². The van der Waals surface area contributed by atoms with Crippen LogP contribution in [0.25, 0.3) is 0 Å². The number of hydrogen-bond donors (Lipinski definition) is 0. The molecular formula is C12H10F3NO3. The predicted octanol–water partition coefficient (Wildman–Crippen LogP) is 3.44. The highest BCUT2D eigenvalue weighted by molar-refractivity contribution is 5.61. The van der Waals surface area contributed by atoms with Crippen molar-refractivity contribution in [1.29, 1.82) is 5.26 Å². The van der Waals surface area contributed by atoms with Crippen molar-refractivity contribution < 1.29 is 27.4 Å². The van der Waals surface area contributed by atoms with Crippen LogP contribution in [0.1, 0.15) is 24.2 Å². The third kappa shape index (κ3) is 3.88. The van der Waals surface area contributed by atoms with E-state index in [1.54, 1.807) is 0 Å². The Morgan fingerprint density at radius 1 is 1.42 bits per heavy atom. The Labute approximate surface area is 107 Å². The van der Waals surface area contributed by atoms with Gasteiger partial charge in [-0.2, -0.15) is 18.4 Å². The van der Waals surface area contributed by atoms with Crippen molar-refractivity contribution in [1.82, 2.24) is 0 Å². The smallest absolute Gasteiger partial charge is 0.435 e. The molecule has 0 amide bonds. The SMILES string of the molecule is CCOC(=O)OC(C#N)c1ccccc1C(F)(F)F. The van der Waals surface area contributed by atoms with Crippen LogP contribution in [0.5, 0.6) is 0 Å². The molecule has 4 nitrogen and oxygen atoms in total. The number of nitriles is 1. The van der Waals surface area contributed by atoms with Gasteiger partial charge in [0.25, 0.3) is 0 Å². The normalized spacial score (nSPS) is 12.4. The molecule has 1 aromatic rings. The van der Waals surface area contributed by atoms with Gasteiger partial charge in [0.05, 0.1) is 12.2 Å². The third-order valence-electron chi connectivity index (χ3n) is 2.14. The molecule has 0 aliphatic heterocycles. The highest BCUT2D eigenvalue weighted by Crippen LogP contribution is 2.35. The molecule has 0 fully saturated rings. The maximum atomic E-state index is 12.7. The van der Waals surface area contributed by atoms with Crippen LogP contribution < -0.4 is 0 Å². The number of rotatable bonds is 3. The molecule has 0 bridgehead atoms. The van der Waals surface area contributed by atoms with Crippen molar-refractivity contribution in [2.75, 3.05) is 6.61 Å². The molecule has 1 rings (SSSR count). The first-order valence-corrected chi connectivity index (χ1v) is 5.29. The maximum Gasteiger partial charge on any atom is 0.509 e. The summed E-state index contributed by atoms with van der Waals surface area (Å²) in [5.41, 5.74) is -1.45. The van der Waals surface area contributed by atoms with E-state index < -0.39 is 29.6 Å². The largest absolute Gasteiger partial charge is 0.509 e. The minimum atomic E-state index is -4.64. The summed E-state index contributed by atoms with van der Waals surface area (Å²) in [7, 11) is 0. The van der Waals surface area contributed by atoms with Gasteiger partial charge in [-0.1, -0.05) is 18.2 Å². The summed E-state index contributed by atoms with van der Waals surface area (Å²) in [4.78, 5) is 11.1. The van der Waals surface area contributed by atoms with Crippen molar-refractivity contribution in [2.45, 2.75) is 19.2 Å². The van der Waals surface area contributed by atoms with Gasteiger partial charge in [-0.3, -0.25) is 0 Å². The average Bonchev–Trinajstić information content (AvgIpc) is 2.35. The van der Waals surface area contributed by atoms with E-state index in [1.807, 2.05) is 0 Å². The highest BCUT2D eigenvalue weighted by atomic mass is 19.4. The van der Waals surface area contributed by atoms with E-state index in [-0.39, 0.29) is 6.61 Å². The zero-order valence-corrected chi connectivity index (χ0v) is 9.90. The number of benzene rings is 1. The molecule has 0 saturated heterocycles. The molecule has 0 aromatic heterocycles. The Hall–Kier alpha value is -2.23. The van der Waals surface area contributed by atoms with Crippen LogP contribution in [0.3, 0.4) is 0 Å². The monoisotopic (exact) mass is 273 g/mol. The Morgan fingerprint density at radius 3 is 2.58 bits per heavy atom. The fourth-order valence-corrected chi connectivity index (χ4v) is 1.39. The van der Waals surface area contributed by atoms with E-state index in [2.05, 4.69) is 9.47 Å². The second kappa shape index (κ2) is 6.09. The van der Waals surface area contributed by atoms with E-state index in [0.717, 1.165) is 12.1 Å². The Bertz CT molecular complexity index is 494. The summed E-state index contributed by atoms with van der Waals surface area (Å²) in [5.74, 6) is 0. The molecule has 102 valence electrons. The quantitative estimate of drug-likeness (QED) is 0.791. The lowest BCUT2D eigenvalue weighted by Gasteiger charge is -2.16. The van der Waals surface area contributed by atoms with Crippen LogP contribution in [0.4, 0.5) is 18.0 Å². The van der Waals surface area contributed by atoms with Gasteiger partial charge in [-0.15, -0.1) is 0 Å². The number of alkyl halides is 3. The molecule has 0 spiro atoms.